The Morgan fingerprint density at radius 1 is 1.18 bits per heavy atom. The first-order chi connectivity index (χ1) is 18.6. The van der Waals surface area contributed by atoms with Gasteiger partial charge >= 0.3 is 0 Å². The van der Waals surface area contributed by atoms with Gasteiger partial charge in [0.15, 0.2) is 0 Å². The van der Waals surface area contributed by atoms with Crippen LogP contribution in [0.3, 0.4) is 0 Å². The zero-order chi connectivity index (χ0) is 27.5. The summed E-state index contributed by atoms with van der Waals surface area (Å²) in [5, 5.41) is 16.1. The van der Waals surface area contributed by atoms with Crippen LogP contribution in [0.1, 0.15) is 28.2 Å². The molecule has 200 valence electrons. The van der Waals surface area contributed by atoms with Crippen LogP contribution in [0, 0.1) is 24.1 Å². The zero-order valence-electron chi connectivity index (χ0n) is 21.4. The maximum Gasteiger partial charge on any atom is 0.246 e. The summed E-state index contributed by atoms with van der Waals surface area (Å²) in [6.07, 6.45) is 4.19. The Bertz CT molecular complexity index is 1710. The number of nitrogens with zero attached hydrogens (tertiary/aromatic N) is 3. The molecule has 0 bridgehead atoms. The topological polar surface area (TPSA) is 91.1 Å². The van der Waals surface area contributed by atoms with Crippen molar-refractivity contribution in [2.45, 2.75) is 23.2 Å². The number of aromatic nitrogens is 2. The second kappa shape index (κ2) is 9.29. The molecule has 0 unspecified atom stereocenters. The highest BCUT2D eigenvalue weighted by atomic mass is 35.5. The predicted molar refractivity (Wildman–Crippen MR) is 150 cm³/mol. The molecular formula is C29H27ClFN5O2S. The molecule has 3 atom stereocenters. The van der Waals surface area contributed by atoms with E-state index in [1.165, 1.54) is 35.4 Å². The molecule has 0 spiro atoms. The van der Waals surface area contributed by atoms with E-state index in [4.69, 9.17) is 17.0 Å². The first kappa shape index (κ1) is 25.7. The third-order valence-electron chi connectivity index (χ3n) is 8.05. The maximum absolute atomic E-state index is 13.6. The number of benzene rings is 3. The third-order valence-corrected chi connectivity index (χ3v) is 10.1. The highest BCUT2D eigenvalue weighted by Crippen LogP contribution is 2.70. The first-order valence-corrected chi connectivity index (χ1v) is 14.4. The quantitative estimate of drug-likeness (QED) is 0.286. The summed E-state index contributed by atoms with van der Waals surface area (Å²) in [6.45, 7) is 2.70. The summed E-state index contributed by atoms with van der Waals surface area (Å²) >= 11 is 6.36. The zero-order valence-corrected chi connectivity index (χ0v) is 23.0. The lowest BCUT2D eigenvalue weighted by Crippen LogP contribution is -2.34. The molecule has 1 aromatic heterocycles. The second-order valence-corrected chi connectivity index (χ2v) is 12.7. The average molecular weight is 564 g/mol. The number of piperidine rings is 1. The van der Waals surface area contributed by atoms with Gasteiger partial charge in [-0.15, -0.1) is 0 Å². The van der Waals surface area contributed by atoms with Gasteiger partial charge in [-0.25, -0.2) is 12.8 Å². The van der Waals surface area contributed by atoms with E-state index in [1.54, 1.807) is 23.5 Å². The van der Waals surface area contributed by atoms with Crippen LogP contribution < -0.4 is 5.32 Å². The summed E-state index contributed by atoms with van der Waals surface area (Å²) < 4.78 is 43.6. The fourth-order valence-corrected chi connectivity index (χ4v) is 7.97. The van der Waals surface area contributed by atoms with Gasteiger partial charge in [-0.3, -0.25) is 4.68 Å². The van der Waals surface area contributed by atoms with Gasteiger partial charge in [-0.1, -0.05) is 23.7 Å². The van der Waals surface area contributed by atoms with Gasteiger partial charge in [0.25, 0.3) is 0 Å². The Balaban J connectivity index is 1.42. The van der Waals surface area contributed by atoms with E-state index in [9.17, 15) is 12.8 Å². The predicted octanol–water partition coefficient (Wildman–Crippen LogP) is 5.62. The van der Waals surface area contributed by atoms with Crippen LogP contribution in [0.15, 0.2) is 78.0 Å². The Morgan fingerprint density at radius 2 is 1.95 bits per heavy atom. The molecule has 3 aromatic carbocycles. The van der Waals surface area contributed by atoms with Crippen molar-refractivity contribution >= 4 is 39.2 Å². The summed E-state index contributed by atoms with van der Waals surface area (Å²) in [7, 11) is -2.03. The number of hydrogen-bond donors (Lipinski definition) is 2. The number of hydrogen-bond acceptors (Lipinski definition) is 5. The molecular weight excluding hydrogens is 537 g/mol. The fourth-order valence-electron chi connectivity index (χ4n) is 6.27. The van der Waals surface area contributed by atoms with Gasteiger partial charge in [-0.2, -0.15) is 9.40 Å². The molecule has 1 saturated heterocycles. The summed E-state index contributed by atoms with van der Waals surface area (Å²) in [6, 6.07) is 17.8. The first-order valence-electron chi connectivity index (χ1n) is 12.6. The van der Waals surface area contributed by atoms with Gasteiger partial charge < -0.3 is 10.7 Å². The van der Waals surface area contributed by atoms with Crippen LogP contribution in [-0.2, 0) is 22.5 Å². The number of fused-ring (bicyclic) bond motifs is 1. The maximum atomic E-state index is 13.6. The number of nitrogens with one attached hydrogen (secondary N) is 2. The van der Waals surface area contributed by atoms with Crippen molar-refractivity contribution in [3.63, 3.8) is 0 Å². The fraction of sp³-hybridized carbons (Fsp3) is 0.241. The Kier molecular flexibility index (Phi) is 6.13. The molecule has 2 N–H and O–H groups in total. The second-order valence-electron chi connectivity index (χ2n) is 10.4. The Labute approximate surface area is 231 Å². The Morgan fingerprint density at radius 3 is 2.62 bits per heavy atom. The molecule has 2 heterocycles. The third kappa shape index (κ3) is 4.25. The standard InChI is InChI=1S/C29H27ClFN5O2S/c1-18-10-27(34-23-8-6-22(31)7-9-23)20(13-32)12-25(18)29-17-36(39(37,38)24-14-33-35(2)15-24)16-26(29)28(29)19-4-3-5-21(30)11-19/h3-15,26,28,32,34H,16-17H2,1-2H3/t26-,28-,29+/m0/s1. The van der Waals surface area contributed by atoms with Crippen LogP contribution in [0.25, 0.3) is 0 Å². The van der Waals surface area contributed by atoms with Crippen molar-refractivity contribution in [3.05, 3.63) is 106 Å². The molecule has 6 rings (SSSR count). The molecule has 2 fully saturated rings. The lowest BCUT2D eigenvalue weighted by molar-refractivity contribution is 0.421. The van der Waals surface area contributed by atoms with Gasteiger partial charge in [0, 0.05) is 65.8 Å². The number of halogens is 2. The minimum atomic E-state index is -3.73. The van der Waals surface area contributed by atoms with E-state index in [2.05, 4.69) is 10.4 Å². The van der Waals surface area contributed by atoms with E-state index >= 15 is 0 Å². The smallest absolute Gasteiger partial charge is 0.246 e. The van der Waals surface area contributed by atoms with Crippen LogP contribution in [0.5, 0.6) is 0 Å². The number of sulfonamides is 1. The minimum Gasteiger partial charge on any atom is -0.355 e. The average Bonchev–Trinajstić information content (AvgIpc) is 3.18. The molecule has 0 amide bonds. The Hall–Kier alpha value is -3.53. The molecule has 7 nitrogen and oxygen atoms in total. The van der Waals surface area contributed by atoms with Crippen LogP contribution in [0.4, 0.5) is 15.8 Å². The molecule has 39 heavy (non-hydrogen) atoms. The van der Waals surface area contributed by atoms with Gasteiger partial charge in [0.05, 0.1) is 6.20 Å². The van der Waals surface area contributed by atoms with Crippen molar-refractivity contribution in [2.75, 3.05) is 18.4 Å². The molecule has 10 heteroatoms. The number of anilines is 2. The number of rotatable bonds is 7. The monoisotopic (exact) mass is 563 g/mol. The van der Waals surface area contributed by atoms with Crippen LogP contribution in [-0.4, -0.2) is 41.8 Å². The molecule has 1 saturated carbocycles. The molecule has 2 aliphatic rings. The van der Waals surface area contributed by atoms with Gasteiger partial charge in [-0.05, 0) is 78.1 Å². The van der Waals surface area contributed by atoms with Crippen LogP contribution in [0.2, 0.25) is 5.02 Å². The van der Waals surface area contributed by atoms with Crippen molar-refractivity contribution in [2.24, 2.45) is 13.0 Å². The van der Waals surface area contributed by atoms with Crippen LogP contribution >= 0.6 is 11.6 Å². The van der Waals surface area contributed by atoms with E-state index in [0.717, 1.165) is 22.4 Å². The van der Waals surface area contributed by atoms with Crippen molar-refractivity contribution in [1.82, 2.24) is 14.1 Å². The van der Waals surface area contributed by atoms with E-state index in [1.807, 2.05) is 43.3 Å². The van der Waals surface area contributed by atoms with Gasteiger partial charge in [0.2, 0.25) is 10.0 Å². The minimum absolute atomic E-state index is 0.0515. The molecule has 1 aliphatic heterocycles. The van der Waals surface area contributed by atoms with Crippen molar-refractivity contribution < 1.29 is 12.8 Å². The van der Waals surface area contributed by atoms with E-state index in [-0.39, 0.29) is 22.5 Å². The van der Waals surface area contributed by atoms with Crippen molar-refractivity contribution in [3.8, 4) is 0 Å². The SMILES string of the molecule is Cc1cc(Nc2ccc(F)cc2)c(C=N)cc1[C@]12CN(S(=O)(=O)c3cnn(C)c3)C[C@H]1[C@@H]2c1cccc(Cl)c1. The summed E-state index contributed by atoms with van der Waals surface area (Å²) in [4.78, 5) is 0.177. The molecule has 1 aliphatic carbocycles. The normalized spacial score (nSPS) is 22.5. The van der Waals surface area contributed by atoms with Crippen molar-refractivity contribution in [1.29, 1.82) is 5.41 Å². The molecule has 0 radical (unpaired) electrons. The summed E-state index contributed by atoms with van der Waals surface area (Å²) in [5.74, 6) is -0.183. The highest BCUT2D eigenvalue weighted by Gasteiger charge is 2.71. The highest BCUT2D eigenvalue weighted by molar-refractivity contribution is 7.89. The van der Waals surface area contributed by atoms with E-state index in [0.29, 0.717) is 29.4 Å². The lowest BCUT2D eigenvalue weighted by Gasteiger charge is -2.26. The molecule has 4 aromatic rings. The summed E-state index contributed by atoms with van der Waals surface area (Å²) in [5.41, 5.74) is 4.72. The lowest BCUT2D eigenvalue weighted by atomic mass is 9.86. The largest absolute Gasteiger partial charge is 0.355 e. The van der Waals surface area contributed by atoms with Gasteiger partial charge in [0.1, 0.15) is 10.7 Å². The number of aryl methyl sites for hydroxylation is 2. The van der Waals surface area contributed by atoms with E-state index < -0.39 is 15.4 Å².